The molecule has 0 aliphatic rings. The van der Waals surface area contributed by atoms with Gasteiger partial charge in [-0.15, -0.1) is 0 Å². The molecule has 1 heterocycles. The predicted octanol–water partition coefficient (Wildman–Crippen LogP) is 3.27. The summed E-state index contributed by atoms with van der Waals surface area (Å²) >= 11 is 5.63. The second-order valence-corrected chi connectivity index (χ2v) is 4.80. The van der Waals surface area contributed by atoms with E-state index in [2.05, 4.69) is 5.32 Å². The number of halogens is 2. The Hall–Kier alpha value is -2.14. The van der Waals surface area contributed by atoms with Gasteiger partial charge >= 0.3 is 0 Å². The molecule has 104 valence electrons. The smallest absolute Gasteiger partial charge is 0.258 e. The van der Waals surface area contributed by atoms with Crippen LogP contribution in [0.25, 0.3) is 0 Å². The van der Waals surface area contributed by atoms with E-state index < -0.39 is 11.7 Å². The van der Waals surface area contributed by atoms with Crippen molar-refractivity contribution in [2.24, 2.45) is 7.05 Å². The third kappa shape index (κ3) is 2.88. The lowest BCUT2D eigenvalue weighted by Gasteiger charge is -2.04. The van der Waals surface area contributed by atoms with Crippen LogP contribution in [0.5, 0.6) is 0 Å². The molecule has 0 spiro atoms. The molecule has 0 unspecified atom stereocenters. The number of nitrogens with zero attached hydrogens (tertiary/aromatic N) is 1. The van der Waals surface area contributed by atoms with Gasteiger partial charge in [-0.2, -0.15) is 0 Å². The van der Waals surface area contributed by atoms with Gasteiger partial charge in [0, 0.05) is 25.2 Å². The van der Waals surface area contributed by atoms with Crippen molar-refractivity contribution in [3.63, 3.8) is 0 Å². The molecule has 0 aliphatic heterocycles. The number of aryl methyl sites for hydroxylation is 1. The monoisotopic (exact) mass is 294 g/mol. The highest BCUT2D eigenvalue weighted by Crippen LogP contribution is 2.18. The number of amides is 1. The number of benzene rings is 1. The summed E-state index contributed by atoms with van der Waals surface area (Å²) in [7, 11) is 1.69. The average Bonchev–Trinajstić information content (AvgIpc) is 2.70. The van der Waals surface area contributed by atoms with Crippen LogP contribution >= 0.6 is 11.6 Å². The van der Waals surface area contributed by atoms with Crippen LogP contribution in [0, 0.1) is 5.82 Å². The number of aromatic nitrogens is 1. The molecule has 0 aliphatic carbocycles. The van der Waals surface area contributed by atoms with Gasteiger partial charge in [0.25, 0.3) is 5.91 Å². The van der Waals surface area contributed by atoms with Crippen LogP contribution in [-0.2, 0) is 7.05 Å². The number of Topliss-reactive ketones (excluding diaryl/α,β-unsaturated/α-hetero) is 1. The normalized spacial score (nSPS) is 10.4. The average molecular weight is 295 g/mol. The summed E-state index contributed by atoms with van der Waals surface area (Å²) in [5.41, 5.74) is 0.775. The molecule has 0 saturated heterocycles. The van der Waals surface area contributed by atoms with Gasteiger partial charge in [-0.05, 0) is 24.3 Å². The molecule has 0 atom stereocenters. The highest BCUT2D eigenvalue weighted by atomic mass is 35.5. The van der Waals surface area contributed by atoms with Crippen molar-refractivity contribution in [2.45, 2.75) is 6.92 Å². The lowest BCUT2D eigenvalue weighted by molar-refractivity contribution is 0.100. The van der Waals surface area contributed by atoms with Crippen LogP contribution in [0.3, 0.4) is 0 Å². The van der Waals surface area contributed by atoms with E-state index in [0.717, 1.165) is 6.07 Å². The van der Waals surface area contributed by atoms with Gasteiger partial charge in [-0.3, -0.25) is 9.59 Å². The molecular weight excluding hydrogens is 283 g/mol. The Morgan fingerprint density at radius 3 is 2.55 bits per heavy atom. The lowest BCUT2D eigenvalue weighted by atomic mass is 10.2. The number of carbonyl (C=O) groups is 2. The summed E-state index contributed by atoms with van der Waals surface area (Å²) in [5.74, 6) is -1.41. The number of carbonyl (C=O) groups excluding carboxylic acids is 2. The van der Waals surface area contributed by atoms with Crippen LogP contribution in [0.4, 0.5) is 10.1 Å². The molecule has 2 rings (SSSR count). The molecule has 0 radical (unpaired) electrons. The first-order valence-corrected chi connectivity index (χ1v) is 6.20. The zero-order valence-corrected chi connectivity index (χ0v) is 11.7. The molecule has 2 aromatic rings. The summed E-state index contributed by atoms with van der Waals surface area (Å²) in [6.07, 6.45) is 1.59. The Morgan fingerprint density at radius 1 is 1.30 bits per heavy atom. The van der Waals surface area contributed by atoms with Crippen LogP contribution < -0.4 is 5.32 Å². The molecule has 0 fully saturated rings. The van der Waals surface area contributed by atoms with E-state index in [-0.39, 0.29) is 16.4 Å². The fourth-order valence-electron chi connectivity index (χ4n) is 1.85. The highest BCUT2D eigenvalue weighted by molar-refractivity contribution is 6.30. The summed E-state index contributed by atoms with van der Waals surface area (Å²) in [4.78, 5) is 23.3. The highest BCUT2D eigenvalue weighted by Gasteiger charge is 2.14. The fourth-order valence-corrected chi connectivity index (χ4v) is 2.01. The van der Waals surface area contributed by atoms with E-state index >= 15 is 0 Å². The van der Waals surface area contributed by atoms with Gasteiger partial charge < -0.3 is 9.88 Å². The second kappa shape index (κ2) is 5.46. The number of hydrogen-bond donors (Lipinski definition) is 1. The lowest BCUT2D eigenvalue weighted by Crippen LogP contribution is -2.13. The predicted molar refractivity (Wildman–Crippen MR) is 74.8 cm³/mol. The molecule has 6 heteroatoms. The van der Waals surface area contributed by atoms with Crippen molar-refractivity contribution in [3.05, 3.63) is 52.6 Å². The van der Waals surface area contributed by atoms with Gasteiger partial charge in [0.05, 0.1) is 16.9 Å². The van der Waals surface area contributed by atoms with Crippen molar-refractivity contribution in [3.8, 4) is 0 Å². The maximum absolute atomic E-state index is 13.6. The third-order valence-electron chi connectivity index (χ3n) is 2.80. The summed E-state index contributed by atoms with van der Waals surface area (Å²) in [6, 6.07) is 5.35. The van der Waals surface area contributed by atoms with Crippen LogP contribution in [-0.4, -0.2) is 16.3 Å². The minimum atomic E-state index is -0.697. The van der Waals surface area contributed by atoms with Crippen molar-refractivity contribution in [1.29, 1.82) is 0 Å². The van der Waals surface area contributed by atoms with Crippen molar-refractivity contribution < 1.29 is 14.0 Å². The molecule has 1 aromatic carbocycles. The van der Waals surface area contributed by atoms with Crippen molar-refractivity contribution in [2.75, 3.05) is 5.32 Å². The standard InChI is InChI=1S/C14H12ClFN2O2/c1-8(19)13-6-10(7-18(13)2)17-14(20)11-4-3-9(15)5-12(11)16/h3-7H,1-2H3,(H,17,20). The topological polar surface area (TPSA) is 51.1 Å². The van der Waals surface area contributed by atoms with Crippen LogP contribution in [0.2, 0.25) is 5.02 Å². The number of ketones is 1. The van der Waals surface area contributed by atoms with Crippen LogP contribution in [0.15, 0.2) is 30.5 Å². The first-order chi connectivity index (χ1) is 9.38. The maximum Gasteiger partial charge on any atom is 0.258 e. The Labute approximate surface area is 120 Å². The minimum Gasteiger partial charge on any atom is -0.346 e. The zero-order valence-electron chi connectivity index (χ0n) is 10.9. The number of nitrogens with one attached hydrogen (secondary N) is 1. The third-order valence-corrected chi connectivity index (χ3v) is 3.03. The Kier molecular flexibility index (Phi) is 3.90. The Morgan fingerprint density at radius 2 is 2.00 bits per heavy atom. The van der Waals surface area contributed by atoms with Gasteiger partial charge in [0.1, 0.15) is 5.82 Å². The summed E-state index contributed by atoms with van der Waals surface area (Å²) < 4.78 is 15.2. The van der Waals surface area contributed by atoms with E-state index in [0.29, 0.717) is 11.4 Å². The summed E-state index contributed by atoms with van der Waals surface area (Å²) in [5, 5.41) is 2.76. The van der Waals surface area contributed by atoms with Crippen molar-refractivity contribution >= 4 is 29.0 Å². The van der Waals surface area contributed by atoms with Gasteiger partial charge in [0.2, 0.25) is 0 Å². The van der Waals surface area contributed by atoms with E-state index in [1.54, 1.807) is 17.8 Å². The van der Waals surface area contributed by atoms with E-state index in [1.165, 1.54) is 25.1 Å². The fraction of sp³-hybridized carbons (Fsp3) is 0.143. The molecule has 0 bridgehead atoms. The molecule has 20 heavy (non-hydrogen) atoms. The number of rotatable bonds is 3. The van der Waals surface area contributed by atoms with E-state index in [4.69, 9.17) is 11.6 Å². The second-order valence-electron chi connectivity index (χ2n) is 4.36. The number of hydrogen-bond acceptors (Lipinski definition) is 2. The summed E-state index contributed by atoms with van der Waals surface area (Å²) in [6.45, 7) is 1.43. The first kappa shape index (κ1) is 14.3. The zero-order chi connectivity index (χ0) is 14.9. The van der Waals surface area contributed by atoms with Gasteiger partial charge in [0.15, 0.2) is 5.78 Å². The molecule has 1 amide bonds. The molecule has 1 N–H and O–H groups in total. The SMILES string of the molecule is CC(=O)c1cc(NC(=O)c2ccc(Cl)cc2F)cn1C. The van der Waals surface area contributed by atoms with E-state index in [1.807, 2.05) is 0 Å². The Balaban J connectivity index is 2.23. The van der Waals surface area contributed by atoms with Crippen LogP contribution in [0.1, 0.15) is 27.8 Å². The molecule has 0 saturated carbocycles. The quantitative estimate of drug-likeness (QED) is 0.883. The van der Waals surface area contributed by atoms with Gasteiger partial charge in [-0.25, -0.2) is 4.39 Å². The first-order valence-electron chi connectivity index (χ1n) is 5.82. The van der Waals surface area contributed by atoms with Gasteiger partial charge in [-0.1, -0.05) is 11.6 Å². The number of anilines is 1. The molecule has 4 nitrogen and oxygen atoms in total. The minimum absolute atomic E-state index is 0.109. The molecule has 1 aromatic heterocycles. The van der Waals surface area contributed by atoms with Crippen molar-refractivity contribution in [1.82, 2.24) is 4.57 Å². The Bertz CT molecular complexity index is 694. The molecular formula is C14H12ClFN2O2. The largest absolute Gasteiger partial charge is 0.346 e. The van der Waals surface area contributed by atoms with E-state index in [9.17, 15) is 14.0 Å². The maximum atomic E-state index is 13.6.